The first-order valence-corrected chi connectivity index (χ1v) is 8.73. The van der Waals surface area contributed by atoms with Gasteiger partial charge in [0.15, 0.2) is 5.78 Å². The zero-order valence-corrected chi connectivity index (χ0v) is 14.5. The molecule has 0 spiro atoms. The average molecular weight is 347 g/mol. The Bertz CT molecular complexity index is 605. The van der Waals surface area contributed by atoms with Gasteiger partial charge in [0.05, 0.1) is 6.61 Å². The van der Waals surface area contributed by atoms with Crippen molar-refractivity contribution in [2.45, 2.75) is 45.1 Å². The second-order valence-electron chi connectivity index (χ2n) is 6.33. The molecule has 1 aromatic carbocycles. The molecule has 1 aromatic rings. The summed E-state index contributed by atoms with van der Waals surface area (Å²) in [4.78, 5) is 35.6. The highest BCUT2D eigenvalue weighted by atomic mass is 16.5. The zero-order valence-electron chi connectivity index (χ0n) is 14.5. The van der Waals surface area contributed by atoms with E-state index in [2.05, 4.69) is 5.32 Å². The number of carboxylic acid groups (broad SMARTS) is 1. The van der Waals surface area contributed by atoms with Crippen molar-refractivity contribution in [2.75, 3.05) is 13.2 Å². The van der Waals surface area contributed by atoms with Crippen LogP contribution in [0.4, 0.5) is 0 Å². The third-order valence-electron chi connectivity index (χ3n) is 4.51. The largest absolute Gasteiger partial charge is 0.480 e. The molecule has 6 nitrogen and oxygen atoms in total. The van der Waals surface area contributed by atoms with Crippen LogP contribution < -0.4 is 5.32 Å². The Morgan fingerprint density at radius 3 is 2.52 bits per heavy atom. The molecule has 6 heteroatoms. The minimum Gasteiger partial charge on any atom is -0.480 e. The molecule has 2 atom stereocenters. The summed E-state index contributed by atoms with van der Waals surface area (Å²) in [6.45, 7) is 3.00. The Labute approximate surface area is 147 Å². The molecular formula is C19H25NO5. The standard InChI is InChI=1S/C19H25NO5/c1-2-13-5-7-14(8-6-13)16(21)9-10-17(22)20-18(19(23)24)15-4-3-11-25-12-15/h5-8,15,18H,2-4,9-12H2,1H3,(H,20,22)(H,23,24). The van der Waals surface area contributed by atoms with Gasteiger partial charge in [0.1, 0.15) is 6.04 Å². The SMILES string of the molecule is CCc1ccc(C(=O)CCC(=O)NC(C(=O)O)C2CCCOC2)cc1. The monoisotopic (exact) mass is 347 g/mol. The molecule has 2 rings (SSSR count). The summed E-state index contributed by atoms with van der Waals surface area (Å²) in [6, 6.07) is 6.36. The highest BCUT2D eigenvalue weighted by molar-refractivity contribution is 5.98. The number of aryl methyl sites for hydroxylation is 1. The second-order valence-corrected chi connectivity index (χ2v) is 6.33. The predicted octanol–water partition coefficient (Wildman–Crippen LogP) is 2.21. The average Bonchev–Trinajstić information content (AvgIpc) is 2.64. The number of carbonyl (C=O) groups excluding carboxylic acids is 2. The van der Waals surface area contributed by atoms with Gasteiger partial charge in [-0.25, -0.2) is 4.79 Å². The lowest BCUT2D eigenvalue weighted by Crippen LogP contribution is -2.48. The fourth-order valence-electron chi connectivity index (χ4n) is 2.95. The van der Waals surface area contributed by atoms with Gasteiger partial charge >= 0.3 is 5.97 Å². The summed E-state index contributed by atoms with van der Waals surface area (Å²) in [6.07, 6.45) is 2.44. The topological polar surface area (TPSA) is 92.7 Å². The Hall–Kier alpha value is -2.21. The van der Waals surface area contributed by atoms with E-state index in [0.29, 0.717) is 25.2 Å². The summed E-state index contributed by atoms with van der Waals surface area (Å²) < 4.78 is 5.30. The number of ether oxygens (including phenoxy) is 1. The number of aliphatic carboxylic acids is 1. The highest BCUT2D eigenvalue weighted by Gasteiger charge is 2.31. The van der Waals surface area contributed by atoms with Gasteiger partial charge < -0.3 is 15.2 Å². The summed E-state index contributed by atoms with van der Waals surface area (Å²) >= 11 is 0. The molecule has 1 saturated heterocycles. The number of ketones is 1. The number of hydrogen-bond acceptors (Lipinski definition) is 4. The molecule has 0 saturated carbocycles. The van der Waals surface area contributed by atoms with Gasteiger partial charge in [0.25, 0.3) is 0 Å². The van der Waals surface area contributed by atoms with Crippen LogP contribution in [0, 0.1) is 5.92 Å². The van der Waals surface area contributed by atoms with Gasteiger partial charge in [0, 0.05) is 30.9 Å². The molecule has 0 aliphatic carbocycles. The van der Waals surface area contributed by atoms with Gasteiger partial charge in [-0.05, 0) is 24.8 Å². The van der Waals surface area contributed by atoms with Crippen molar-refractivity contribution in [3.05, 3.63) is 35.4 Å². The number of benzene rings is 1. The number of rotatable bonds is 8. The maximum Gasteiger partial charge on any atom is 0.326 e. The first kappa shape index (κ1) is 19.1. The van der Waals surface area contributed by atoms with E-state index in [4.69, 9.17) is 4.74 Å². The van der Waals surface area contributed by atoms with Crippen LogP contribution in [0.1, 0.15) is 48.5 Å². The molecule has 1 fully saturated rings. The lowest BCUT2D eigenvalue weighted by Gasteiger charge is -2.28. The van der Waals surface area contributed by atoms with Crippen LogP contribution in [0.25, 0.3) is 0 Å². The molecule has 1 aliphatic rings. The van der Waals surface area contributed by atoms with Gasteiger partial charge in [-0.1, -0.05) is 31.2 Å². The Kier molecular flexibility index (Phi) is 7.13. The summed E-state index contributed by atoms with van der Waals surface area (Å²) in [5.41, 5.74) is 1.72. The van der Waals surface area contributed by atoms with Crippen molar-refractivity contribution in [3.63, 3.8) is 0 Å². The van der Waals surface area contributed by atoms with E-state index in [9.17, 15) is 19.5 Å². The smallest absolute Gasteiger partial charge is 0.326 e. The maximum atomic E-state index is 12.2. The fourth-order valence-corrected chi connectivity index (χ4v) is 2.95. The van der Waals surface area contributed by atoms with Crippen LogP contribution in [0.5, 0.6) is 0 Å². The lowest BCUT2D eigenvalue weighted by molar-refractivity contribution is -0.145. The van der Waals surface area contributed by atoms with Crippen LogP contribution in [-0.4, -0.2) is 42.0 Å². The quantitative estimate of drug-likeness (QED) is 0.703. The molecule has 0 bridgehead atoms. The number of nitrogens with one attached hydrogen (secondary N) is 1. The summed E-state index contributed by atoms with van der Waals surface area (Å²) in [7, 11) is 0. The molecule has 25 heavy (non-hydrogen) atoms. The van der Waals surface area contributed by atoms with Gasteiger partial charge in [0.2, 0.25) is 5.91 Å². The van der Waals surface area contributed by atoms with Gasteiger partial charge in [-0.15, -0.1) is 0 Å². The first-order chi connectivity index (χ1) is 12.0. The predicted molar refractivity (Wildman–Crippen MR) is 92.5 cm³/mol. The van der Waals surface area contributed by atoms with Crippen molar-refractivity contribution < 1.29 is 24.2 Å². The molecule has 0 aromatic heterocycles. The molecule has 1 aliphatic heterocycles. The molecule has 2 N–H and O–H groups in total. The highest BCUT2D eigenvalue weighted by Crippen LogP contribution is 2.18. The van der Waals surface area contributed by atoms with E-state index in [0.717, 1.165) is 18.4 Å². The van der Waals surface area contributed by atoms with Crippen LogP contribution in [0.3, 0.4) is 0 Å². The third kappa shape index (κ3) is 5.67. The summed E-state index contributed by atoms with van der Waals surface area (Å²) in [5, 5.41) is 11.9. The van der Waals surface area contributed by atoms with E-state index in [1.807, 2.05) is 19.1 Å². The first-order valence-electron chi connectivity index (χ1n) is 8.73. The molecular weight excluding hydrogens is 322 g/mol. The van der Waals surface area contributed by atoms with E-state index in [-0.39, 0.29) is 24.5 Å². The van der Waals surface area contributed by atoms with Crippen molar-refractivity contribution in [1.29, 1.82) is 0 Å². The molecule has 2 unspecified atom stereocenters. The number of amides is 1. The number of hydrogen-bond donors (Lipinski definition) is 2. The Balaban J connectivity index is 1.85. The lowest BCUT2D eigenvalue weighted by atomic mass is 9.93. The number of carbonyl (C=O) groups is 3. The molecule has 1 amide bonds. The maximum absolute atomic E-state index is 12.2. The minimum absolute atomic E-state index is 0.0221. The number of Topliss-reactive ketones (excluding diaryl/α,β-unsaturated/α-hetero) is 1. The van der Waals surface area contributed by atoms with Crippen LogP contribution in [0.15, 0.2) is 24.3 Å². The fraction of sp³-hybridized carbons (Fsp3) is 0.526. The molecule has 0 radical (unpaired) electrons. The van der Waals surface area contributed by atoms with Crippen LogP contribution in [-0.2, 0) is 20.7 Å². The normalized spacial score (nSPS) is 18.4. The number of carboxylic acids is 1. The van der Waals surface area contributed by atoms with E-state index in [1.165, 1.54) is 0 Å². The molecule has 136 valence electrons. The third-order valence-corrected chi connectivity index (χ3v) is 4.51. The van der Waals surface area contributed by atoms with E-state index < -0.39 is 17.9 Å². The van der Waals surface area contributed by atoms with E-state index in [1.54, 1.807) is 12.1 Å². The van der Waals surface area contributed by atoms with Crippen molar-refractivity contribution in [2.24, 2.45) is 5.92 Å². The van der Waals surface area contributed by atoms with Crippen molar-refractivity contribution in [3.8, 4) is 0 Å². The molecule has 1 heterocycles. The summed E-state index contributed by atoms with van der Waals surface area (Å²) in [5.74, 6) is -1.83. The zero-order chi connectivity index (χ0) is 18.2. The van der Waals surface area contributed by atoms with Gasteiger partial charge in [-0.2, -0.15) is 0 Å². The van der Waals surface area contributed by atoms with Crippen molar-refractivity contribution in [1.82, 2.24) is 5.32 Å². The van der Waals surface area contributed by atoms with Crippen LogP contribution in [0.2, 0.25) is 0 Å². The van der Waals surface area contributed by atoms with Gasteiger partial charge in [-0.3, -0.25) is 9.59 Å². The minimum atomic E-state index is -1.06. The Morgan fingerprint density at radius 1 is 1.24 bits per heavy atom. The second kappa shape index (κ2) is 9.32. The van der Waals surface area contributed by atoms with E-state index >= 15 is 0 Å². The Morgan fingerprint density at radius 2 is 1.96 bits per heavy atom. The van der Waals surface area contributed by atoms with Crippen molar-refractivity contribution >= 4 is 17.7 Å². The van der Waals surface area contributed by atoms with Crippen LogP contribution >= 0.6 is 0 Å².